The average molecular weight is 212 g/mol. The van der Waals surface area contributed by atoms with E-state index < -0.39 is 5.41 Å². The molecule has 1 aliphatic carbocycles. The summed E-state index contributed by atoms with van der Waals surface area (Å²) in [6.45, 7) is 1.99. The molecule has 1 unspecified atom stereocenters. The Morgan fingerprint density at radius 2 is 2.36 bits per heavy atom. The molecule has 0 aromatic carbocycles. The number of nitrogens with zero attached hydrogens (tertiary/aromatic N) is 1. The van der Waals surface area contributed by atoms with Crippen molar-refractivity contribution in [3.05, 3.63) is 0 Å². The summed E-state index contributed by atoms with van der Waals surface area (Å²) in [5.74, 6) is 0.967. The Balaban J connectivity index is 2.31. The Morgan fingerprint density at radius 1 is 1.71 bits per heavy atom. The van der Waals surface area contributed by atoms with Gasteiger partial charge in [0.05, 0.1) is 6.07 Å². The Morgan fingerprint density at radius 3 is 2.79 bits per heavy atom. The molecule has 0 aromatic rings. The maximum absolute atomic E-state index is 11.6. The van der Waals surface area contributed by atoms with Gasteiger partial charge >= 0.3 is 0 Å². The van der Waals surface area contributed by atoms with Crippen LogP contribution in [0.1, 0.15) is 26.2 Å². The highest BCUT2D eigenvalue weighted by Crippen LogP contribution is 2.45. The molecule has 0 bridgehead atoms. The summed E-state index contributed by atoms with van der Waals surface area (Å²) in [4.78, 5) is 11.6. The molecular weight excluding hydrogens is 196 g/mol. The Kier molecular flexibility index (Phi) is 3.82. The van der Waals surface area contributed by atoms with Crippen LogP contribution in [0.25, 0.3) is 0 Å². The lowest BCUT2D eigenvalue weighted by Gasteiger charge is -2.14. The summed E-state index contributed by atoms with van der Waals surface area (Å²) in [6.07, 6.45) is 4.47. The van der Waals surface area contributed by atoms with Crippen LogP contribution in [0.2, 0.25) is 0 Å². The van der Waals surface area contributed by atoms with E-state index >= 15 is 0 Å². The zero-order valence-corrected chi connectivity index (χ0v) is 9.49. The predicted octanol–water partition coefficient (Wildman–Crippen LogP) is 1.55. The zero-order chi connectivity index (χ0) is 10.6. The minimum absolute atomic E-state index is 0.0754. The van der Waals surface area contributed by atoms with Crippen LogP contribution in [0.3, 0.4) is 0 Å². The lowest BCUT2D eigenvalue weighted by molar-refractivity contribution is -0.125. The molecule has 0 radical (unpaired) electrons. The summed E-state index contributed by atoms with van der Waals surface area (Å²) in [6, 6.07) is 2.28. The highest BCUT2D eigenvalue weighted by Gasteiger charge is 2.50. The lowest BCUT2D eigenvalue weighted by Crippen LogP contribution is -2.38. The van der Waals surface area contributed by atoms with Crippen molar-refractivity contribution in [1.29, 1.82) is 5.26 Å². The number of carbonyl (C=O) groups excluding carboxylic acids is 1. The van der Waals surface area contributed by atoms with Crippen molar-refractivity contribution < 1.29 is 4.79 Å². The Labute approximate surface area is 89.2 Å². The molecular formula is C10H16N2OS. The quantitative estimate of drug-likeness (QED) is 0.752. The minimum Gasteiger partial charge on any atom is -0.352 e. The fourth-order valence-electron chi connectivity index (χ4n) is 1.24. The first-order chi connectivity index (χ1) is 6.64. The number of rotatable bonds is 5. The van der Waals surface area contributed by atoms with E-state index in [9.17, 15) is 4.79 Å². The van der Waals surface area contributed by atoms with Crippen LogP contribution >= 0.6 is 11.8 Å². The molecule has 1 amide bonds. The maximum Gasteiger partial charge on any atom is 0.240 e. The van der Waals surface area contributed by atoms with Crippen LogP contribution in [0.15, 0.2) is 0 Å². The standard InChI is InChI=1S/C10H16N2OS/c1-8(3-6-14-2)12-9(13)10(7-11)4-5-10/h8H,3-6H2,1-2H3,(H,12,13). The Bertz CT molecular complexity index is 255. The van der Waals surface area contributed by atoms with Crippen LogP contribution in [0.5, 0.6) is 0 Å². The summed E-state index contributed by atoms with van der Waals surface area (Å²) in [7, 11) is 0. The number of hydrogen-bond acceptors (Lipinski definition) is 3. The van der Waals surface area contributed by atoms with Crippen molar-refractivity contribution in [2.45, 2.75) is 32.2 Å². The number of nitriles is 1. The van der Waals surface area contributed by atoms with Gasteiger partial charge in [-0.3, -0.25) is 4.79 Å². The number of amides is 1. The van der Waals surface area contributed by atoms with E-state index in [-0.39, 0.29) is 11.9 Å². The number of nitrogens with one attached hydrogen (secondary N) is 1. The predicted molar refractivity (Wildman–Crippen MR) is 57.9 cm³/mol. The third-order valence-corrected chi connectivity index (χ3v) is 3.18. The molecule has 0 spiro atoms. The molecule has 3 nitrogen and oxygen atoms in total. The second-order valence-electron chi connectivity index (χ2n) is 3.85. The van der Waals surface area contributed by atoms with Crippen molar-refractivity contribution in [1.82, 2.24) is 5.32 Å². The van der Waals surface area contributed by atoms with Gasteiger partial charge in [0.2, 0.25) is 5.91 Å². The smallest absolute Gasteiger partial charge is 0.240 e. The molecule has 1 aliphatic rings. The van der Waals surface area contributed by atoms with Gasteiger partial charge in [-0.2, -0.15) is 17.0 Å². The van der Waals surface area contributed by atoms with E-state index in [0.717, 1.165) is 25.0 Å². The first-order valence-corrected chi connectivity index (χ1v) is 6.25. The van der Waals surface area contributed by atoms with Gasteiger partial charge in [-0.25, -0.2) is 0 Å². The number of hydrogen-bond donors (Lipinski definition) is 1. The highest BCUT2D eigenvalue weighted by atomic mass is 32.2. The molecule has 1 atom stereocenters. The van der Waals surface area contributed by atoms with E-state index in [2.05, 4.69) is 11.4 Å². The molecule has 1 rings (SSSR count). The monoisotopic (exact) mass is 212 g/mol. The number of thioether (sulfide) groups is 1. The van der Waals surface area contributed by atoms with E-state index in [4.69, 9.17) is 5.26 Å². The zero-order valence-electron chi connectivity index (χ0n) is 8.67. The molecule has 14 heavy (non-hydrogen) atoms. The van der Waals surface area contributed by atoms with Gasteiger partial charge in [0.15, 0.2) is 0 Å². The first kappa shape index (κ1) is 11.4. The van der Waals surface area contributed by atoms with Gasteiger partial charge in [0.1, 0.15) is 5.41 Å². The van der Waals surface area contributed by atoms with Crippen LogP contribution in [0.4, 0.5) is 0 Å². The SMILES string of the molecule is CSCCC(C)NC(=O)C1(C#N)CC1. The third-order valence-electron chi connectivity index (χ3n) is 2.53. The van der Waals surface area contributed by atoms with Gasteiger partial charge in [0, 0.05) is 6.04 Å². The molecule has 1 saturated carbocycles. The van der Waals surface area contributed by atoms with Gasteiger partial charge in [0.25, 0.3) is 0 Å². The van der Waals surface area contributed by atoms with Crippen LogP contribution in [-0.4, -0.2) is 24.0 Å². The summed E-state index contributed by atoms with van der Waals surface area (Å²) < 4.78 is 0. The second-order valence-corrected chi connectivity index (χ2v) is 4.84. The molecule has 4 heteroatoms. The molecule has 0 heterocycles. The minimum atomic E-state index is -0.673. The van der Waals surface area contributed by atoms with E-state index in [0.29, 0.717) is 0 Å². The molecule has 0 aromatic heterocycles. The molecule has 0 saturated heterocycles. The second kappa shape index (κ2) is 4.70. The normalized spacial score (nSPS) is 19.5. The molecule has 0 aliphatic heterocycles. The van der Waals surface area contributed by atoms with Crippen LogP contribution in [0, 0.1) is 16.7 Å². The molecule has 1 fully saturated rings. The average Bonchev–Trinajstić information content (AvgIpc) is 2.95. The topological polar surface area (TPSA) is 52.9 Å². The fraction of sp³-hybridized carbons (Fsp3) is 0.800. The van der Waals surface area contributed by atoms with Gasteiger partial charge in [-0.05, 0) is 38.2 Å². The fourth-order valence-corrected chi connectivity index (χ4v) is 1.83. The number of carbonyl (C=O) groups is 1. The van der Waals surface area contributed by atoms with Crippen molar-refractivity contribution in [2.75, 3.05) is 12.0 Å². The van der Waals surface area contributed by atoms with Crippen molar-refractivity contribution in [3.8, 4) is 6.07 Å². The molecule has 78 valence electrons. The summed E-state index contributed by atoms with van der Waals surface area (Å²) >= 11 is 1.77. The van der Waals surface area contributed by atoms with Crippen molar-refractivity contribution >= 4 is 17.7 Å². The lowest BCUT2D eigenvalue weighted by atomic mass is 10.1. The van der Waals surface area contributed by atoms with Gasteiger partial charge in [-0.15, -0.1) is 0 Å². The molecule has 1 N–H and O–H groups in total. The van der Waals surface area contributed by atoms with Crippen LogP contribution in [-0.2, 0) is 4.79 Å². The van der Waals surface area contributed by atoms with E-state index in [1.807, 2.05) is 13.2 Å². The Hall–Kier alpha value is -0.690. The first-order valence-electron chi connectivity index (χ1n) is 4.86. The van der Waals surface area contributed by atoms with Crippen molar-refractivity contribution in [3.63, 3.8) is 0 Å². The van der Waals surface area contributed by atoms with Gasteiger partial charge < -0.3 is 5.32 Å². The summed E-state index contributed by atoms with van der Waals surface area (Å²) in [5, 5.41) is 11.7. The summed E-state index contributed by atoms with van der Waals surface area (Å²) in [5.41, 5.74) is -0.673. The third kappa shape index (κ3) is 2.65. The largest absolute Gasteiger partial charge is 0.352 e. The van der Waals surface area contributed by atoms with Crippen LogP contribution < -0.4 is 5.32 Å². The van der Waals surface area contributed by atoms with Crippen molar-refractivity contribution in [2.24, 2.45) is 5.41 Å². The van der Waals surface area contributed by atoms with E-state index in [1.54, 1.807) is 11.8 Å². The highest BCUT2D eigenvalue weighted by molar-refractivity contribution is 7.98. The maximum atomic E-state index is 11.6. The van der Waals surface area contributed by atoms with Gasteiger partial charge in [-0.1, -0.05) is 0 Å². The van der Waals surface area contributed by atoms with E-state index in [1.165, 1.54) is 0 Å².